The first-order valence-electron chi connectivity index (χ1n) is 8.23. The summed E-state index contributed by atoms with van der Waals surface area (Å²) in [5.74, 6) is 0.533. The number of nitrogens with two attached hydrogens (primary N) is 1. The number of halogens is 1. The first-order chi connectivity index (χ1) is 12.1. The highest BCUT2D eigenvalue weighted by Gasteiger charge is 2.05. The van der Waals surface area contributed by atoms with Crippen molar-refractivity contribution in [1.82, 2.24) is 14.5 Å². The molecule has 6 heteroatoms. The molecule has 2 N–H and O–H groups in total. The van der Waals surface area contributed by atoms with Crippen LogP contribution in [0, 0.1) is 0 Å². The van der Waals surface area contributed by atoms with Crippen LogP contribution in [0.2, 0.25) is 0 Å². The van der Waals surface area contributed by atoms with Crippen LogP contribution in [-0.2, 0) is 13.1 Å². The minimum atomic E-state index is 0. The van der Waals surface area contributed by atoms with Gasteiger partial charge in [0.15, 0.2) is 5.96 Å². The lowest BCUT2D eigenvalue weighted by atomic mass is 9.98. The SMILES string of the molecule is CN(C)C(N)=NCc1ccccc1-c1ccc(Cn2ccnc2)cc1.I. The van der Waals surface area contributed by atoms with Crippen molar-refractivity contribution >= 4 is 29.9 Å². The van der Waals surface area contributed by atoms with Crippen molar-refractivity contribution in [3.8, 4) is 11.1 Å². The first kappa shape index (κ1) is 20.0. The highest BCUT2D eigenvalue weighted by molar-refractivity contribution is 14.0. The van der Waals surface area contributed by atoms with Crippen LogP contribution in [0.4, 0.5) is 0 Å². The number of hydrogen-bond donors (Lipinski definition) is 1. The van der Waals surface area contributed by atoms with E-state index in [4.69, 9.17) is 5.73 Å². The van der Waals surface area contributed by atoms with Gasteiger partial charge >= 0.3 is 0 Å². The summed E-state index contributed by atoms with van der Waals surface area (Å²) >= 11 is 0. The minimum absolute atomic E-state index is 0. The first-order valence-corrected chi connectivity index (χ1v) is 8.23. The Bertz CT molecular complexity index is 839. The van der Waals surface area contributed by atoms with Gasteiger partial charge in [-0.25, -0.2) is 9.98 Å². The average molecular weight is 461 g/mol. The largest absolute Gasteiger partial charge is 0.370 e. The lowest BCUT2D eigenvalue weighted by Gasteiger charge is -2.12. The van der Waals surface area contributed by atoms with E-state index in [0.29, 0.717) is 12.5 Å². The molecule has 0 fully saturated rings. The van der Waals surface area contributed by atoms with Crippen molar-refractivity contribution in [2.75, 3.05) is 14.1 Å². The molecule has 0 aliphatic rings. The Labute approximate surface area is 171 Å². The number of hydrogen-bond acceptors (Lipinski definition) is 2. The molecule has 5 nitrogen and oxygen atoms in total. The predicted octanol–water partition coefficient (Wildman–Crippen LogP) is 3.59. The number of rotatable bonds is 5. The van der Waals surface area contributed by atoms with Crippen LogP contribution in [0.25, 0.3) is 11.1 Å². The maximum absolute atomic E-state index is 5.91. The standard InChI is InChI=1S/C20H23N5.HI/c1-24(2)20(21)23-13-18-5-3-4-6-19(18)17-9-7-16(8-10-17)14-25-12-11-22-15-25;/h3-12,15H,13-14H2,1-2H3,(H2,21,23);1H. The van der Waals surface area contributed by atoms with Crippen molar-refractivity contribution in [2.24, 2.45) is 10.7 Å². The molecule has 0 atom stereocenters. The van der Waals surface area contributed by atoms with Gasteiger partial charge in [-0.2, -0.15) is 0 Å². The maximum atomic E-state index is 5.91. The van der Waals surface area contributed by atoms with Gasteiger partial charge in [-0.1, -0.05) is 48.5 Å². The molecule has 0 radical (unpaired) electrons. The number of benzene rings is 2. The van der Waals surface area contributed by atoms with Crippen LogP contribution < -0.4 is 5.73 Å². The fourth-order valence-electron chi connectivity index (χ4n) is 2.63. The molecule has 2 aromatic carbocycles. The highest BCUT2D eigenvalue weighted by Crippen LogP contribution is 2.25. The molecule has 136 valence electrons. The van der Waals surface area contributed by atoms with Gasteiger partial charge in [0.25, 0.3) is 0 Å². The third kappa shape index (κ3) is 5.08. The second-order valence-corrected chi connectivity index (χ2v) is 6.16. The van der Waals surface area contributed by atoms with Crippen LogP contribution >= 0.6 is 24.0 Å². The smallest absolute Gasteiger partial charge is 0.191 e. The average Bonchev–Trinajstić information content (AvgIpc) is 3.13. The summed E-state index contributed by atoms with van der Waals surface area (Å²) in [6.45, 7) is 1.39. The van der Waals surface area contributed by atoms with Crippen molar-refractivity contribution in [3.63, 3.8) is 0 Å². The molecule has 0 saturated carbocycles. The summed E-state index contributed by atoms with van der Waals surface area (Å²) < 4.78 is 2.06. The Kier molecular flexibility index (Phi) is 7.20. The van der Waals surface area contributed by atoms with Gasteiger partial charge in [0.2, 0.25) is 0 Å². The molecule has 1 aromatic heterocycles. The summed E-state index contributed by atoms with van der Waals surface area (Å²) in [6.07, 6.45) is 5.59. The third-order valence-corrected chi connectivity index (χ3v) is 4.08. The second-order valence-electron chi connectivity index (χ2n) is 6.16. The summed E-state index contributed by atoms with van der Waals surface area (Å²) in [6, 6.07) is 16.9. The normalized spacial score (nSPS) is 11.1. The molecule has 3 rings (SSSR count). The Morgan fingerprint density at radius 2 is 1.85 bits per heavy atom. The van der Waals surface area contributed by atoms with E-state index in [9.17, 15) is 0 Å². The van der Waals surface area contributed by atoms with E-state index >= 15 is 0 Å². The Morgan fingerprint density at radius 3 is 2.50 bits per heavy atom. The van der Waals surface area contributed by atoms with Gasteiger partial charge in [0.1, 0.15) is 0 Å². The number of imidazole rings is 1. The number of guanidine groups is 1. The van der Waals surface area contributed by atoms with Crippen LogP contribution in [-0.4, -0.2) is 34.5 Å². The Hall–Kier alpha value is -2.35. The molecule has 0 aliphatic heterocycles. The molecule has 3 aromatic rings. The van der Waals surface area contributed by atoms with E-state index in [0.717, 1.165) is 12.1 Å². The van der Waals surface area contributed by atoms with Crippen molar-refractivity contribution in [3.05, 3.63) is 78.4 Å². The number of aromatic nitrogens is 2. The molecule has 1 heterocycles. The van der Waals surface area contributed by atoms with E-state index in [1.165, 1.54) is 16.7 Å². The fraction of sp³-hybridized carbons (Fsp3) is 0.200. The molecule has 26 heavy (non-hydrogen) atoms. The van der Waals surface area contributed by atoms with Crippen LogP contribution in [0.15, 0.2) is 72.2 Å². The van der Waals surface area contributed by atoms with Crippen LogP contribution in [0.3, 0.4) is 0 Å². The van der Waals surface area contributed by atoms with Gasteiger partial charge in [-0.15, -0.1) is 24.0 Å². The van der Waals surface area contributed by atoms with Crippen molar-refractivity contribution < 1.29 is 0 Å². The summed E-state index contributed by atoms with van der Waals surface area (Å²) in [4.78, 5) is 10.3. The zero-order valence-corrected chi connectivity index (χ0v) is 17.4. The third-order valence-electron chi connectivity index (χ3n) is 4.08. The maximum Gasteiger partial charge on any atom is 0.191 e. The van der Waals surface area contributed by atoms with E-state index in [1.54, 1.807) is 6.20 Å². The Balaban J connectivity index is 0.00000243. The molecule has 0 amide bonds. The molecule has 0 bridgehead atoms. The highest BCUT2D eigenvalue weighted by atomic mass is 127. The minimum Gasteiger partial charge on any atom is -0.370 e. The molecular formula is C20H24IN5. The zero-order valence-electron chi connectivity index (χ0n) is 15.0. The predicted molar refractivity (Wildman–Crippen MR) is 118 cm³/mol. The number of nitrogens with zero attached hydrogens (tertiary/aromatic N) is 4. The topological polar surface area (TPSA) is 59.4 Å². The second kappa shape index (κ2) is 9.38. The summed E-state index contributed by atoms with van der Waals surface area (Å²) in [5.41, 5.74) is 10.7. The van der Waals surface area contributed by atoms with E-state index < -0.39 is 0 Å². The van der Waals surface area contributed by atoms with E-state index in [2.05, 4.69) is 57.0 Å². The molecule has 0 aliphatic carbocycles. The van der Waals surface area contributed by atoms with Gasteiger partial charge < -0.3 is 15.2 Å². The summed E-state index contributed by atoms with van der Waals surface area (Å²) in [7, 11) is 3.79. The molecule has 0 saturated heterocycles. The lowest BCUT2D eigenvalue weighted by molar-refractivity contribution is 0.609. The molecule has 0 spiro atoms. The van der Waals surface area contributed by atoms with Crippen molar-refractivity contribution in [2.45, 2.75) is 13.1 Å². The monoisotopic (exact) mass is 461 g/mol. The van der Waals surface area contributed by atoms with Gasteiger partial charge in [0, 0.05) is 33.0 Å². The Morgan fingerprint density at radius 1 is 1.12 bits per heavy atom. The summed E-state index contributed by atoms with van der Waals surface area (Å²) in [5, 5.41) is 0. The fourth-order valence-corrected chi connectivity index (χ4v) is 2.63. The van der Waals surface area contributed by atoms with Gasteiger partial charge in [-0.3, -0.25) is 0 Å². The van der Waals surface area contributed by atoms with Crippen LogP contribution in [0.1, 0.15) is 11.1 Å². The van der Waals surface area contributed by atoms with Crippen molar-refractivity contribution in [1.29, 1.82) is 0 Å². The van der Waals surface area contributed by atoms with E-state index in [1.807, 2.05) is 37.6 Å². The zero-order chi connectivity index (χ0) is 17.6. The van der Waals surface area contributed by atoms with Gasteiger partial charge in [0.05, 0.1) is 12.9 Å². The quantitative estimate of drug-likeness (QED) is 0.359. The number of aliphatic imine (C=N–C) groups is 1. The molecule has 0 unspecified atom stereocenters. The lowest BCUT2D eigenvalue weighted by Crippen LogP contribution is -2.30. The van der Waals surface area contributed by atoms with Gasteiger partial charge in [-0.05, 0) is 22.3 Å². The molecular weight excluding hydrogens is 437 g/mol. The van der Waals surface area contributed by atoms with E-state index in [-0.39, 0.29) is 24.0 Å². The van der Waals surface area contributed by atoms with Crippen LogP contribution in [0.5, 0.6) is 0 Å².